The maximum Gasteiger partial charge on any atom is 0.223 e. The molecule has 2 unspecified atom stereocenters. The van der Waals surface area contributed by atoms with E-state index in [1.165, 1.54) is 44.1 Å². The maximum absolute atomic E-state index is 11.9. The number of amides is 1. The van der Waals surface area contributed by atoms with E-state index in [4.69, 9.17) is 0 Å². The Labute approximate surface area is 137 Å². The van der Waals surface area contributed by atoms with Crippen LogP contribution in [-0.2, 0) is 4.79 Å². The van der Waals surface area contributed by atoms with E-state index in [0.29, 0.717) is 6.04 Å². The molecule has 128 valence electrons. The first-order chi connectivity index (χ1) is 10.6. The Morgan fingerprint density at radius 3 is 2.41 bits per heavy atom. The van der Waals surface area contributed by atoms with Gasteiger partial charge in [-0.3, -0.25) is 4.79 Å². The molecule has 2 N–H and O–H groups in total. The molecule has 0 spiro atoms. The minimum Gasteiger partial charge on any atom is -0.356 e. The lowest BCUT2D eigenvalue weighted by atomic mass is 10.0. The molecule has 3 heteroatoms. The fourth-order valence-corrected chi connectivity index (χ4v) is 2.90. The first kappa shape index (κ1) is 19.2. The highest BCUT2D eigenvalue weighted by molar-refractivity contribution is 5.79. The first-order valence-corrected chi connectivity index (χ1v) is 9.30. The van der Waals surface area contributed by atoms with E-state index in [1.807, 2.05) is 0 Å². The molecule has 3 nitrogen and oxygen atoms in total. The zero-order valence-electron chi connectivity index (χ0n) is 14.9. The normalized spacial score (nSPS) is 19.0. The number of nitrogens with one attached hydrogen (secondary N) is 2. The van der Waals surface area contributed by atoms with Crippen LogP contribution in [-0.4, -0.2) is 25.0 Å². The number of carbonyl (C=O) groups excluding carboxylic acids is 1. The Kier molecular flexibility index (Phi) is 10.2. The van der Waals surface area contributed by atoms with Crippen LogP contribution in [0.25, 0.3) is 0 Å². The van der Waals surface area contributed by atoms with Crippen molar-refractivity contribution in [3.63, 3.8) is 0 Å². The Morgan fingerprint density at radius 2 is 1.82 bits per heavy atom. The average molecular weight is 309 g/mol. The topological polar surface area (TPSA) is 41.1 Å². The maximum atomic E-state index is 11.9. The van der Waals surface area contributed by atoms with Crippen molar-refractivity contribution < 1.29 is 4.79 Å². The van der Waals surface area contributed by atoms with Crippen LogP contribution in [0.3, 0.4) is 0 Å². The van der Waals surface area contributed by atoms with Gasteiger partial charge in [-0.1, -0.05) is 44.3 Å². The van der Waals surface area contributed by atoms with E-state index < -0.39 is 0 Å². The number of hydrogen-bond donors (Lipinski definition) is 2. The van der Waals surface area contributed by atoms with Gasteiger partial charge in [0.1, 0.15) is 0 Å². The van der Waals surface area contributed by atoms with Gasteiger partial charge in [-0.25, -0.2) is 0 Å². The first-order valence-electron chi connectivity index (χ1n) is 9.30. The number of allylic oxidation sites excluding steroid dienone is 2. The van der Waals surface area contributed by atoms with Crippen molar-refractivity contribution in [1.82, 2.24) is 10.6 Å². The average Bonchev–Trinajstić information content (AvgIpc) is 2.95. The molecular formula is C19H36N2O. The molecule has 1 amide bonds. The van der Waals surface area contributed by atoms with E-state index >= 15 is 0 Å². The van der Waals surface area contributed by atoms with Crippen LogP contribution in [0.15, 0.2) is 11.6 Å². The van der Waals surface area contributed by atoms with Crippen LogP contribution in [0, 0.1) is 5.92 Å². The molecule has 0 radical (unpaired) electrons. The van der Waals surface area contributed by atoms with Crippen molar-refractivity contribution in [1.29, 1.82) is 0 Å². The largest absolute Gasteiger partial charge is 0.356 e. The molecule has 0 fully saturated rings. The third-order valence-corrected chi connectivity index (χ3v) is 4.70. The zero-order chi connectivity index (χ0) is 16.2. The lowest BCUT2D eigenvalue weighted by Gasteiger charge is -2.11. The summed E-state index contributed by atoms with van der Waals surface area (Å²) in [6.07, 6.45) is 12.9. The van der Waals surface area contributed by atoms with Crippen LogP contribution >= 0.6 is 0 Å². The molecule has 1 rings (SSSR count). The van der Waals surface area contributed by atoms with Crippen molar-refractivity contribution in [2.24, 2.45) is 5.92 Å². The summed E-state index contributed by atoms with van der Waals surface area (Å²) in [5.74, 6) is 0.460. The minimum absolute atomic E-state index is 0.206. The fraction of sp³-hybridized carbons (Fsp3) is 0.842. The lowest BCUT2D eigenvalue weighted by molar-refractivity contribution is -0.124. The molecule has 0 aliphatic heterocycles. The number of unbranched alkanes of at least 4 members (excludes halogenated alkanes) is 5. The van der Waals surface area contributed by atoms with Crippen molar-refractivity contribution in [3.05, 3.63) is 11.6 Å². The second kappa shape index (κ2) is 11.7. The van der Waals surface area contributed by atoms with E-state index in [9.17, 15) is 4.79 Å². The Hall–Kier alpha value is -0.830. The predicted molar refractivity (Wildman–Crippen MR) is 94.9 cm³/mol. The van der Waals surface area contributed by atoms with Crippen LogP contribution in [0.1, 0.15) is 78.6 Å². The quantitative estimate of drug-likeness (QED) is 0.419. The molecule has 0 heterocycles. The Morgan fingerprint density at radius 1 is 1.18 bits per heavy atom. The summed E-state index contributed by atoms with van der Waals surface area (Å²) in [6.45, 7) is 8.59. The Bertz CT molecular complexity index is 338. The standard InChI is InChI=1S/C19H36N2O/c1-4-17(3)20-13-9-7-5-6-8-10-14-21-19(22)18-12-11-16(2)15-18/h11,17-18,20H,4-10,12-15H2,1-3H3,(H,21,22). The summed E-state index contributed by atoms with van der Waals surface area (Å²) in [6, 6.07) is 0.655. The van der Waals surface area contributed by atoms with Gasteiger partial charge < -0.3 is 10.6 Å². The van der Waals surface area contributed by atoms with Crippen LogP contribution in [0.5, 0.6) is 0 Å². The predicted octanol–water partition coefficient (Wildman–Crippen LogP) is 4.19. The second-order valence-corrected chi connectivity index (χ2v) is 6.86. The molecule has 0 bridgehead atoms. The van der Waals surface area contributed by atoms with Gasteiger partial charge >= 0.3 is 0 Å². The van der Waals surface area contributed by atoms with Crippen molar-refractivity contribution >= 4 is 5.91 Å². The molecular weight excluding hydrogens is 272 g/mol. The van der Waals surface area contributed by atoms with Gasteiger partial charge in [0, 0.05) is 18.5 Å². The molecule has 2 atom stereocenters. The SMILES string of the molecule is CCC(C)NCCCCCCCCNC(=O)C1CC=C(C)C1. The minimum atomic E-state index is 0.206. The van der Waals surface area contributed by atoms with Crippen LogP contribution in [0.4, 0.5) is 0 Å². The smallest absolute Gasteiger partial charge is 0.223 e. The zero-order valence-corrected chi connectivity index (χ0v) is 14.9. The number of rotatable bonds is 12. The van der Waals surface area contributed by atoms with Gasteiger partial charge in [-0.15, -0.1) is 0 Å². The summed E-state index contributed by atoms with van der Waals surface area (Å²) in [7, 11) is 0. The van der Waals surface area contributed by atoms with Gasteiger partial charge in [-0.05, 0) is 52.5 Å². The summed E-state index contributed by atoms with van der Waals surface area (Å²) in [5, 5.41) is 6.63. The van der Waals surface area contributed by atoms with E-state index in [0.717, 1.165) is 32.4 Å². The Balaban J connectivity index is 1.83. The highest BCUT2D eigenvalue weighted by atomic mass is 16.1. The van der Waals surface area contributed by atoms with Crippen LogP contribution < -0.4 is 10.6 Å². The summed E-state index contributed by atoms with van der Waals surface area (Å²) < 4.78 is 0. The van der Waals surface area contributed by atoms with Crippen molar-refractivity contribution in [2.75, 3.05) is 13.1 Å². The van der Waals surface area contributed by atoms with Gasteiger partial charge in [0.15, 0.2) is 0 Å². The van der Waals surface area contributed by atoms with Crippen molar-refractivity contribution in [3.8, 4) is 0 Å². The second-order valence-electron chi connectivity index (χ2n) is 6.86. The van der Waals surface area contributed by atoms with E-state index in [1.54, 1.807) is 0 Å². The third-order valence-electron chi connectivity index (χ3n) is 4.70. The summed E-state index contributed by atoms with van der Waals surface area (Å²) in [5.41, 5.74) is 1.36. The van der Waals surface area contributed by atoms with Gasteiger partial charge in [-0.2, -0.15) is 0 Å². The van der Waals surface area contributed by atoms with E-state index in [-0.39, 0.29) is 11.8 Å². The fourth-order valence-electron chi connectivity index (χ4n) is 2.90. The highest BCUT2D eigenvalue weighted by Gasteiger charge is 2.21. The summed E-state index contributed by atoms with van der Waals surface area (Å²) in [4.78, 5) is 11.9. The molecule has 0 aromatic rings. The molecule has 22 heavy (non-hydrogen) atoms. The number of carbonyl (C=O) groups is 1. The molecule has 0 saturated carbocycles. The molecule has 0 aromatic heterocycles. The van der Waals surface area contributed by atoms with E-state index in [2.05, 4.69) is 37.5 Å². The molecule has 1 aliphatic rings. The lowest BCUT2D eigenvalue weighted by Crippen LogP contribution is -2.30. The molecule has 1 aliphatic carbocycles. The molecule has 0 aromatic carbocycles. The highest BCUT2D eigenvalue weighted by Crippen LogP contribution is 2.24. The molecule has 0 saturated heterocycles. The van der Waals surface area contributed by atoms with Gasteiger partial charge in [0.05, 0.1) is 0 Å². The van der Waals surface area contributed by atoms with Gasteiger partial charge in [0.2, 0.25) is 5.91 Å². The number of hydrogen-bond acceptors (Lipinski definition) is 2. The third kappa shape index (κ3) is 8.57. The summed E-state index contributed by atoms with van der Waals surface area (Å²) >= 11 is 0. The van der Waals surface area contributed by atoms with Crippen molar-refractivity contribution in [2.45, 2.75) is 84.6 Å². The van der Waals surface area contributed by atoms with Gasteiger partial charge in [0.25, 0.3) is 0 Å². The monoisotopic (exact) mass is 308 g/mol. The van der Waals surface area contributed by atoms with Crippen LogP contribution in [0.2, 0.25) is 0 Å².